The standard InChI is InChI=1S/C18H20N4O2S2/c1-12-4-6-14(7-5-12)16-17(22-10-11-25-18(22)21-16)15(8-9-19)20-13(2)26(3,23)24/h4-11,18H,19H2,1-3H3. The summed E-state index contributed by atoms with van der Waals surface area (Å²) in [6, 6.07) is 8.04. The van der Waals surface area contributed by atoms with Crippen molar-refractivity contribution in [2.75, 3.05) is 6.26 Å². The van der Waals surface area contributed by atoms with Crippen LogP contribution in [0.25, 0.3) is 0 Å². The molecule has 6 nitrogen and oxygen atoms in total. The van der Waals surface area contributed by atoms with E-state index in [-0.39, 0.29) is 10.5 Å². The number of rotatable bonds is 3. The van der Waals surface area contributed by atoms with E-state index < -0.39 is 9.84 Å². The number of hydrogen-bond acceptors (Lipinski definition) is 7. The first-order chi connectivity index (χ1) is 12.3. The molecular formula is C18H20N4O2S2. The maximum Gasteiger partial charge on any atom is 0.188 e. The van der Waals surface area contributed by atoms with Gasteiger partial charge in [0.15, 0.2) is 15.3 Å². The Balaban J connectivity index is 2.20. The number of allylic oxidation sites excluding steroid dienone is 2. The van der Waals surface area contributed by atoms with Crippen molar-refractivity contribution in [2.45, 2.75) is 19.3 Å². The maximum atomic E-state index is 11.8. The lowest BCUT2D eigenvalue weighted by Gasteiger charge is -2.18. The Kier molecular flexibility index (Phi) is 5.06. The molecule has 2 heterocycles. The lowest BCUT2D eigenvalue weighted by atomic mass is 10.0. The van der Waals surface area contributed by atoms with Crippen LogP contribution in [0.4, 0.5) is 0 Å². The molecule has 1 aromatic rings. The molecule has 0 saturated carbocycles. The fourth-order valence-corrected chi connectivity index (χ4v) is 3.65. The number of nitrogens with zero attached hydrogens (tertiary/aromatic N) is 3. The monoisotopic (exact) mass is 388 g/mol. The lowest BCUT2D eigenvalue weighted by Crippen LogP contribution is -2.20. The summed E-state index contributed by atoms with van der Waals surface area (Å²) in [5.74, 6) is 0. The zero-order valence-corrected chi connectivity index (χ0v) is 16.4. The van der Waals surface area contributed by atoms with Gasteiger partial charge in [-0.2, -0.15) is 0 Å². The molecule has 0 saturated heterocycles. The lowest BCUT2D eigenvalue weighted by molar-refractivity contribution is 0.500. The SMILES string of the molecule is CC(=NC(C=CN)=C1C(c2ccc(C)cc2)=NC2SC=CN12)S(C)(=O)=O. The summed E-state index contributed by atoms with van der Waals surface area (Å²) in [7, 11) is -3.40. The highest BCUT2D eigenvalue weighted by Crippen LogP contribution is 2.38. The molecule has 3 rings (SSSR count). The number of sulfone groups is 1. The van der Waals surface area contributed by atoms with Gasteiger partial charge in [0.05, 0.1) is 17.1 Å². The third kappa shape index (κ3) is 3.61. The normalized spacial score (nSPS) is 22.1. The molecule has 0 amide bonds. The Morgan fingerprint density at radius 1 is 1.35 bits per heavy atom. The molecule has 0 spiro atoms. The van der Waals surface area contributed by atoms with E-state index in [0.29, 0.717) is 5.70 Å². The summed E-state index contributed by atoms with van der Waals surface area (Å²) in [5, 5.41) is 1.98. The number of aliphatic imine (C=N–C) groups is 2. The topological polar surface area (TPSA) is 88.1 Å². The number of hydrogen-bond donors (Lipinski definition) is 1. The molecule has 1 unspecified atom stereocenters. The molecule has 0 radical (unpaired) electrons. The fraction of sp³-hybridized carbons (Fsp3) is 0.222. The first-order valence-electron chi connectivity index (χ1n) is 7.95. The molecule has 0 aliphatic carbocycles. The van der Waals surface area contributed by atoms with E-state index in [0.717, 1.165) is 28.8 Å². The van der Waals surface area contributed by atoms with Crippen molar-refractivity contribution in [3.8, 4) is 0 Å². The van der Waals surface area contributed by atoms with Crippen LogP contribution < -0.4 is 5.73 Å². The molecule has 2 aliphatic heterocycles. The first kappa shape index (κ1) is 18.5. The van der Waals surface area contributed by atoms with Gasteiger partial charge in [-0.25, -0.2) is 18.4 Å². The van der Waals surface area contributed by atoms with Crippen LogP contribution in [0.5, 0.6) is 0 Å². The quantitative estimate of drug-likeness (QED) is 0.635. The predicted octanol–water partition coefficient (Wildman–Crippen LogP) is 2.75. The summed E-state index contributed by atoms with van der Waals surface area (Å²) in [6.07, 6.45) is 6.02. The van der Waals surface area contributed by atoms with Crippen LogP contribution in [0.2, 0.25) is 0 Å². The number of aryl methyl sites for hydroxylation is 1. The second-order valence-electron chi connectivity index (χ2n) is 5.99. The van der Waals surface area contributed by atoms with Crippen molar-refractivity contribution < 1.29 is 8.42 Å². The molecule has 2 aliphatic rings. The number of nitrogens with two attached hydrogens (primary N) is 1. The summed E-state index contributed by atoms with van der Waals surface area (Å²) in [6.45, 7) is 3.50. The van der Waals surface area contributed by atoms with Crippen molar-refractivity contribution in [3.05, 3.63) is 70.7 Å². The Labute approximate surface area is 157 Å². The van der Waals surface area contributed by atoms with Gasteiger partial charge in [0.25, 0.3) is 0 Å². The van der Waals surface area contributed by atoms with E-state index in [4.69, 9.17) is 10.7 Å². The van der Waals surface area contributed by atoms with Crippen molar-refractivity contribution in [1.82, 2.24) is 4.90 Å². The van der Waals surface area contributed by atoms with Gasteiger partial charge in [-0.1, -0.05) is 41.6 Å². The minimum atomic E-state index is -3.40. The summed E-state index contributed by atoms with van der Waals surface area (Å²) >= 11 is 1.58. The van der Waals surface area contributed by atoms with Crippen LogP contribution in [0.1, 0.15) is 18.1 Å². The highest BCUT2D eigenvalue weighted by molar-refractivity contribution is 8.05. The third-order valence-electron chi connectivity index (χ3n) is 4.02. The molecule has 0 fully saturated rings. The molecule has 8 heteroatoms. The van der Waals surface area contributed by atoms with Gasteiger partial charge in [-0.15, -0.1) is 0 Å². The number of benzene rings is 1. The number of fused-ring (bicyclic) bond motifs is 1. The van der Waals surface area contributed by atoms with Crippen LogP contribution in [0.15, 0.2) is 69.5 Å². The van der Waals surface area contributed by atoms with Crippen LogP contribution in [-0.4, -0.2) is 35.8 Å². The van der Waals surface area contributed by atoms with E-state index in [1.165, 1.54) is 13.1 Å². The highest BCUT2D eigenvalue weighted by atomic mass is 32.2. The van der Waals surface area contributed by atoms with E-state index in [1.54, 1.807) is 17.8 Å². The average Bonchev–Trinajstić information content (AvgIpc) is 3.15. The smallest absolute Gasteiger partial charge is 0.188 e. The molecule has 2 N–H and O–H groups in total. The summed E-state index contributed by atoms with van der Waals surface area (Å²) < 4.78 is 23.7. The van der Waals surface area contributed by atoms with Crippen molar-refractivity contribution in [3.63, 3.8) is 0 Å². The fourth-order valence-electron chi connectivity index (χ4n) is 2.57. The van der Waals surface area contributed by atoms with Crippen molar-refractivity contribution in [1.29, 1.82) is 0 Å². The molecule has 26 heavy (non-hydrogen) atoms. The van der Waals surface area contributed by atoms with E-state index in [1.807, 2.05) is 47.7 Å². The first-order valence-corrected chi connectivity index (χ1v) is 10.8. The summed E-state index contributed by atoms with van der Waals surface area (Å²) in [4.78, 5) is 11.1. The van der Waals surface area contributed by atoms with Crippen molar-refractivity contribution in [2.24, 2.45) is 15.7 Å². The van der Waals surface area contributed by atoms with Gasteiger partial charge in [0.1, 0.15) is 5.04 Å². The Morgan fingerprint density at radius 3 is 2.65 bits per heavy atom. The molecule has 1 aromatic carbocycles. The van der Waals surface area contributed by atoms with Crippen LogP contribution in [0.3, 0.4) is 0 Å². The second kappa shape index (κ2) is 7.13. The van der Waals surface area contributed by atoms with Gasteiger partial charge < -0.3 is 10.6 Å². The van der Waals surface area contributed by atoms with Crippen molar-refractivity contribution >= 4 is 32.4 Å². The molecule has 0 bridgehead atoms. The Hall–Kier alpha value is -2.32. The maximum absolute atomic E-state index is 11.8. The van der Waals surface area contributed by atoms with Crippen LogP contribution in [0, 0.1) is 6.92 Å². The minimum Gasteiger partial charge on any atom is -0.405 e. The minimum absolute atomic E-state index is 0.0284. The largest absolute Gasteiger partial charge is 0.405 e. The Morgan fingerprint density at radius 2 is 2.04 bits per heavy atom. The van der Waals surface area contributed by atoms with Crippen LogP contribution in [-0.2, 0) is 9.84 Å². The van der Waals surface area contributed by atoms with E-state index in [2.05, 4.69) is 4.99 Å². The van der Waals surface area contributed by atoms with Crippen LogP contribution >= 0.6 is 11.8 Å². The molecular weight excluding hydrogens is 368 g/mol. The van der Waals surface area contributed by atoms with Gasteiger partial charge in [-0.3, -0.25) is 0 Å². The zero-order valence-electron chi connectivity index (χ0n) is 14.7. The van der Waals surface area contributed by atoms with E-state index in [9.17, 15) is 8.42 Å². The summed E-state index contributed by atoms with van der Waals surface area (Å²) in [5.41, 5.74) is 9.57. The second-order valence-corrected chi connectivity index (χ2v) is 9.10. The van der Waals surface area contributed by atoms with Gasteiger partial charge in [0, 0.05) is 18.0 Å². The molecule has 0 aromatic heterocycles. The zero-order chi connectivity index (χ0) is 18.9. The predicted molar refractivity (Wildman–Crippen MR) is 108 cm³/mol. The third-order valence-corrected chi connectivity index (χ3v) is 6.04. The average molecular weight is 389 g/mol. The molecule has 136 valence electrons. The van der Waals surface area contributed by atoms with Gasteiger partial charge in [0.2, 0.25) is 0 Å². The van der Waals surface area contributed by atoms with E-state index >= 15 is 0 Å². The van der Waals surface area contributed by atoms with Gasteiger partial charge >= 0.3 is 0 Å². The van der Waals surface area contributed by atoms with Gasteiger partial charge in [-0.05, 0) is 31.5 Å². The molecule has 1 atom stereocenters. The number of thioether (sulfide) groups is 1. The highest BCUT2D eigenvalue weighted by Gasteiger charge is 2.35. The Bertz CT molecular complexity index is 971.